The molecule has 1 fully saturated rings. The summed E-state index contributed by atoms with van der Waals surface area (Å²) in [5.41, 5.74) is 0.730. The number of nitrogens with zero attached hydrogens (tertiary/aromatic N) is 1. The maximum Gasteiger partial charge on any atom is 0.246 e. The molecule has 0 heterocycles. The molecule has 0 bridgehead atoms. The summed E-state index contributed by atoms with van der Waals surface area (Å²) in [6, 6.07) is 5.64. The topological polar surface area (TPSA) is 40.5 Å². The molecule has 5 heteroatoms. The van der Waals surface area contributed by atoms with Crippen molar-refractivity contribution in [1.29, 1.82) is 0 Å². The van der Waals surface area contributed by atoms with Crippen LogP contribution in [0.5, 0.6) is 0 Å². The van der Waals surface area contributed by atoms with Gasteiger partial charge in [0, 0.05) is 25.3 Å². The van der Waals surface area contributed by atoms with Gasteiger partial charge in [-0.25, -0.2) is 0 Å². The largest absolute Gasteiger partial charge is 0.396 e. The van der Waals surface area contributed by atoms with E-state index in [0.717, 1.165) is 24.8 Å². The van der Waals surface area contributed by atoms with Gasteiger partial charge < -0.3 is 10.0 Å². The van der Waals surface area contributed by atoms with Gasteiger partial charge >= 0.3 is 0 Å². The molecule has 0 unspecified atom stereocenters. The monoisotopic (exact) mass is 327 g/mol. The van der Waals surface area contributed by atoms with Gasteiger partial charge in [-0.1, -0.05) is 35.3 Å². The molecule has 1 aromatic carbocycles. The summed E-state index contributed by atoms with van der Waals surface area (Å²) in [5.74, 6) is -0.0378. The summed E-state index contributed by atoms with van der Waals surface area (Å²) in [6.07, 6.45) is 7.09. The zero-order chi connectivity index (χ0) is 15.2. The summed E-state index contributed by atoms with van der Waals surface area (Å²) in [7, 11) is 0. The summed E-state index contributed by atoms with van der Waals surface area (Å²) < 4.78 is 0. The highest BCUT2D eigenvalue weighted by Crippen LogP contribution is 2.27. The quantitative estimate of drug-likeness (QED) is 0.808. The molecule has 1 aliphatic carbocycles. The molecule has 1 amide bonds. The fraction of sp³-hybridized carbons (Fsp3) is 0.438. The average molecular weight is 328 g/mol. The molecule has 114 valence electrons. The van der Waals surface area contributed by atoms with E-state index >= 15 is 0 Å². The Bertz CT molecular complexity index is 527. The first kappa shape index (κ1) is 16.3. The van der Waals surface area contributed by atoms with Crippen LogP contribution in [0.25, 0.3) is 6.08 Å². The first-order valence-corrected chi connectivity index (χ1v) is 7.92. The van der Waals surface area contributed by atoms with E-state index in [0.29, 0.717) is 29.1 Å². The van der Waals surface area contributed by atoms with Crippen molar-refractivity contribution in [2.24, 2.45) is 0 Å². The van der Waals surface area contributed by atoms with Gasteiger partial charge in [-0.05, 0) is 43.4 Å². The number of carbonyl (C=O) groups excluding carboxylic acids is 1. The molecule has 1 aromatic rings. The number of rotatable bonds is 6. The summed E-state index contributed by atoms with van der Waals surface area (Å²) in [6.45, 7) is 0.688. The Morgan fingerprint density at radius 2 is 2.14 bits per heavy atom. The predicted molar refractivity (Wildman–Crippen MR) is 86.6 cm³/mol. The van der Waals surface area contributed by atoms with Gasteiger partial charge in [0.1, 0.15) is 0 Å². The minimum atomic E-state index is -0.0378. The van der Waals surface area contributed by atoms with Gasteiger partial charge in [0.2, 0.25) is 5.91 Å². The van der Waals surface area contributed by atoms with Crippen LogP contribution in [-0.4, -0.2) is 35.1 Å². The number of amides is 1. The van der Waals surface area contributed by atoms with E-state index in [1.807, 2.05) is 11.0 Å². The Labute approximate surface area is 135 Å². The van der Waals surface area contributed by atoms with Gasteiger partial charge in [0.25, 0.3) is 0 Å². The average Bonchev–Trinajstić information content (AvgIpc) is 2.42. The normalized spacial score (nSPS) is 15.2. The van der Waals surface area contributed by atoms with Crippen molar-refractivity contribution in [2.75, 3.05) is 13.2 Å². The second-order valence-electron chi connectivity index (χ2n) is 5.17. The fourth-order valence-electron chi connectivity index (χ4n) is 2.32. The number of benzene rings is 1. The van der Waals surface area contributed by atoms with Crippen molar-refractivity contribution in [3.05, 3.63) is 39.9 Å². The van der Waals surface area contributed by atoms with Crippen LogP contribution < -0.4 is 0 Å². The second kappa shape index (κ2) is 7.83. The molecule has 0 atom stereocenters. The zero-order valence-corrected chi connectivity index (χ0v) is 13.3. The Kier molecular flexibility index (Phi) is 6.09. The zero-order valence-electron chi connectivity index (χ0n) is 11.8. The van der Waals surface area contributed by atoms with E-state index in [4.69, 9.17) is 28.3 Å². The van der Waals surface area contributed by atoms with Crippen LogP contribution in [0.3, 0.4) is 0 Å². The van der Waals surface area contributed by atoms with Crippen molar-refractivity contribution in [1.82, 2.24) is 4.90 Å². The van der Waals surface area contributed by atoms with Crippen LogP contribution in [0, 0.1) is 0 Å². The third-order valence-corrected chi connectivity index (χ3v) is 4.58. The lowest BCUT2D eigenvalue weighted by molar-refractivity contribution is -0.130. The SMILES string of the molecule is O=C(/C=C/c1cccc(Cl)c1Cl)N(CCCO)C1CCC1. The standard InChI is InChI=1S/C16H19Cl2NO2/c17-14-7-1-4-12(16(14)18)8-9-15(21)19(10-3-11-20)13-5-2-6-13/h1,4,7-9,13,20H,2-3,5-6,10-11H2/b9-8+. The molecule has 3 nitrogen and oxygen atoms in total. The molecule has 0 saturated heterocycles. The Balaban J connectivity index is 2.06. The molecule has 1 saturated carbocycles. The molecule has 1 aliphatic rings. The minimum Gasteiger partial charge on any atom is -0.396 e. The lowest BCUT2D eigenvalue weighted by Crippen LogP contribution is -2.44. The lowest BCUT2D eigenvalue weighted by atomic mass is 9.91. The summed E-state index contributed by atoms with van der Waals surface area (Å²) >= 11 is 12.1. The van der Waals surface area contributed by atoms with Gasteiger partial charge in [0.15, 0.2) is 0 Å². The first-order chi connectivity index (χ1) is 10.1. The van der Waals surface area contributed by atoms with E-state index in [-0.39, 0.29) is 12.5 Å². The highest BCUT2D eigenvalue weighted by atomic mass is 35.5. The molecule has 0 radical (unpaired) electrons. The van der Waals surface area contributed by atoms with Gasteiger partial charge in [-0.15, -0.1) is 0 Å². The number of hydrogen-bond donors (Lipinski definition) is 1. The summed E-state index contributed by atoms with van der Waals surface area (Å²) in [4.78, 5) is 14.2. The van der Waals surface area contributed by atoms with E-state index in [1.165, 1.54) is 6.08 Å². The third-order valence-electron chi connectivity index (χ3n) is 3.74. The van der Waals surface area contributed by atoms with E-state index < -0.39 is 0 Å². The molecular weight excluding hydrogens is 309 g/mol. The van der Waals surface area contributed by atoms with E-state index in [1.54, 1.807) is 18.2 Å². The number of hydrogen-bond acceptors (Lipinski definition) is 2. The molecule has 0 spiro atoms. The van der Waals surface area contributed by atoms with Gasteiger partial charge in [-0.3, -0.25) is 4.79 Å². The Morgan fingerprint density at radius 1 is 1.38 bits per heavy atom. The lowest BCUT2D eigenvalue weighted by Gasteiger charge is -2.37. The molecule has 21 heavy (non-hydrogen) atoms. The van der Waals surface area contributed by atoms with Crippen LogP contribution in [-0.2, 0) is 4.79 Å². The van der Waals surface area contributed by atoms with E-state index in [9.17, 15) is 4.79 Å². The van der Waals surface area contributed by atoms with Crippen LogP contribution in [0.15, 0.2) is 24.3 Å². The molecule has 1 N–H and O–H groups in total. The highest BCUT2D eigenvalue weighted by Gasteiger charge is 2.27. The number of halogens is 2. The molecule has 0 aliphatic heterocycles. The fourth-order valence-corrected chi connectivity index (χ4v) is 2.69. The van der Waals surface area contributed by atoms with Crippen LogP contribution in [0.2, 0.25) is 10.0 Å². The second-order valence-corrected chi connectivity index (χ2v) is 5.96. The number of aliphatic hydroxyl groups is 1. The van der Waals surface area contributed by atoms with Gasteiger partial charge in [-0.2, -0.15) is 0 Å². The number of carbonyl (C=O) groups is 1. The molecular formula is C16H19Cl2NO2. The van der Waals surface area contributed by atoms with Crippen LogP contribution in [0.4, 0.5) is 0 Å². The molecule has 0 aromatic heterocycles. The van der Waals surface area contributed by atoms with Crippen molar-refractivity contribution in [3.63, 3.8) is 0 Å². The van der Waals surface area contributed by atoms with E-state index in [2.05, 4.69) is 0 Å². The maximum absolute atomic E-state index is 12.3. The highest BCUT2D eigenvalue weighted by molar-refractivity contribution is 6.42. The van der Waals surface area contributed by atoms with Crippen molar-refractivity contribution in [3.8, 4) is 0 Å². The third kappa shape index (κ3) is 4.22. The number of aliphatic hydroxyl groups excluding tert-OH is 1. The first-order valence-electron chi connectivity index (χ1n) is 7.17. The minimum absolute atomic E-state index is 0.0378. The Hall–Kier alpha value is -1.03. The van der Waals surface area contributed by atoms with Crippen LogP contribution in [0.1, 0.15) is 31.2 Å². The van der Waals surface area contributed by atoms with Gasteiger partial charge in [0.05, 0.1) is 10.0 Å². The van der Waals surface area contributed by atoms with Crippen molar-refractivity contribution in [2.45, 2.75) is 31.7 Å². The maximum atomic E-state index is 12.3. The smallest absolute Gasteiger partial charge is 0.246 e. The van der Waals surface area contributed by atoms with Crippen molar-refractivity contribution >= 4 is 35.2 Å². The van der Waals surface area contributed by atoms with Crippen LogP contribution >= 0.6 is 23.2 Å². The molecule has 2 rings (SSSR count). The predicted octanol–water partition coefficient (Wildman–Crippen LogP) is 3.77. The summed E-state index contributed by atoms with van der Waals surface area (Å²) in [5, 5.41) is 9.88. The Morgan fingerprint density at radius 3 is 2.76 bits per heavy atom. The van der Waals surface area contributed by atoms with Crippen molar-refractivity contribution < 1.29 is 9.90 Å².